The van der Waals surface area contributed by atoms with Crippen molar-refractivity contribution in [2.45, 2.75) is 6.42 Å². The van der Waals surface area contributed by atoms with Crippen molar-refractivity contribution < 1.29 is 8.42 Å². The molecule has 2 rings (SSSR count). The van der Waals surface area contributed by atoms with Crippen LogP contribution in [0.4, 0.5) is 5.82 Å². The Morgan fingerprint density at radius 3 is 2.70 bits per heavy atom. The first-order valence-corrected chi connectivity index (χ1v) is 8.44. The zero-order chi connectivity index (χ0) is 14.4. The summed E-state index contributed by atoms with van der Waals surface area (Å²) in [6.07, 6.45) is 2.47. The Balaban J connectivity index is 1.65. The highest BCUT2D eigenvalue weighted by molar-refractivity contribution is 7.91. The third-order valence-corrected chi connectivity index (χ3v) is 4.90. The summed E-state index contributed by atoms with van der Waals surface area (Å²) in [5.74, 6) is 1.31. The quantitative estimate of drug-likeness (QED) is 0.795. The molecule has 1 aromatic heterocycles. The topological polar surface area (TPSA) is 86.1 Å². The molecule has 0 atom stereocenters. The monoisotopic (exact) mass is 294 g/mol. The molecule has 1 N–H and O–H groups in total. The number of aromatic nitrogens is 1. The Morgan fingerprint density at radius 2 is 2.10 bits per heavy atom. The second-order valence-electron chi connectivity index (χ2n) is 4.82. The molecular weight excluding hydrogens is 276 g/mol. The zero-order valence-electron chi connectivity index (χ0n) is 11.2. The van der Waals surface area contributed by atoms with Gasteiger partial charge in [0.25, 0.3) is 0 Å². The van der Waals surface area contributed by atoms with E-state index in [1.807, 2.05) is 6.07 Å². The minimum Gasteiger partial charge on any atom is -0.370 e. The summed E-state index contributed by atoms with van der Waals surface area (Å²) in [7, 11) is -2.79. The van der Waals surface area contributed by atoms with Crippen molar-refractivity contribution in [1.29, 1.82) is 5.26 Å². The molecule has 0 radical (unpaired) electrons. The third kappa shape index (κ3) is 4.47. The predicted molar refractivity (Wildman–Crippen MR) is 77.2 cm³/mol. The fraction of sp³-hybridized carbons (Fsp3) is 0.538. The van der Waals surface area contributed by atoms with E-state index in [0.29, 0.717) is 18.7 Å². The molecule has 0 bridgehead atoms. The fourth-order valence-electron chi connectivity index (χ4n) is 2.06. The van der Waals surface area contributed by atoms with E-state index in [-0.39, 0.29) is 11.5 Å². The number of nitrogens with one attached hydrogen (secondary N) is 1. The van der Waals surface area contributed by atoms with Crippen LogP contribution in [0, 0.1) is 11.3 Å². The molecule has 0 aromatic carbocycles. The van der Waals surface area contributed by atoms with Gasteiger partial charge in [-0.05, 0) is 25.1 Å². The minimum absolute atomic E-state index is 0.275. The smallest absolute Gasteiger partial charge is 0.152 e. The summed E-state index contributed by atoms with van der Waals surface area (Å²) in [6.45, 7) is 2.94. The summed E-state index contributed by atoms with van der Waals surface area (Å²) in [5.41, 5.74) is 0.546. The molecule has 1 fully saturated rings. The average molecular weight is 294 g/mol. The summed E-state index contributed by atoms with van der Waals surface area (Å²) >= 11 is 0. The summed E-state index contributed by atoms with van der Waals surface area (Å²) < 4.78 is 22.6. The SMILES string of the molecule is N#Cc1ccc(NCCCN2CCS(=O)(=O)CC2)nc1. The molecule has 20 heavy (non-hydrogen) atoms. The van der Waals surface area contributed by atoms with Crippen LogP contribution in [0.2, 0.25) is 0 Å². The molecule has 1 aliphatic heterocycles. The molecule has 6 nitrogen and oxygen atoms in total. The van der Waals surface area contributed by atoms with E-state index in [2.05, 4.69) is 15.2 Å². The number of rotatable bonds is 5. The fourth-order valence-corrected chi connectivity index (χ4v) is 3.33. The molecule has 0 amide bonds. The van der Waals surface area contributed by atoms with E-state index in [0.717, 1.165) is 25.3 Å². The van der Waals surface area contributed by atoms with Crippen molar-refractivity contribution in [2.75, 3.05) is 43.0 Å². The Kier molecular flexibility index (Phi) is 4.93. The van der Waals surface area contributed by atoms with Crippen LogP contribution in [0.3, 0.4) is 0 Å². The molecule has 1 aliphatic rings. The lowest BCUT2D eigenvalue weighted by atomic mass is 10.3. The van der Waals surface area contributed by atoms with E-state index < -0.39 is 9.84 Å². The molecule has 0 saturated carbocycles. The van der Waals surface area contributed by atoms with Crippen molar-refractivity contribution in [2.24, 2.45) is 0 Å². The summed E-state index contributed by atoms with van der Waals surface area (Å²) in [5, 5.41) is 11.9. The number of hydrogen-bond donors (Lipinski definition) is 1. The Hall–Kier alpha value is -1.65. The Bertz CT molecular complexity index is 563. The molecule has 7 heteroatoms. The van der Waals surface area contributed by atoms with Gasteiger partial charge in [-0.25, -0.2) is 13.4 Å². The standard InChI is InChI=1S/C13H18N4O2S/c14-10-12-2-3-13(16-11-12)15-4-1-5-17-6-8-20(18,19)9-7-17/h2-3,11H,1,4-9H2,(H,15,16). The van der Waals surface area contributed by atoms with Gasteiger partial charge in [-0.3, -0.25) is 0 Å². The molecule has 108 valence electrons. The first-order chi connectivity index (χ1) is 9.59. The normalized spacial score (nSPS) is 18.4. The minimum atomic E-state index is -2.79. The van der Waals surface area contributed by atoms with Crippen LogP contribution in [0.15, 0.2) is 18.3 Å². The molecular formula is C13H18N4O2S. The zero-order valence-corrected chi connectivity index (χ0v) is 12.1. The highest BCUT2D eigenvalue weighted by atomic mass is 32.2. The van der Waals surface area contributed by atoms with E-state index in [4.69, 9.17) is 5.26 Å². The van der Waals surface area contributed by atoms with Crippen LogP contribution >= 0.6 is 0 Å². The number of hydrogen-bond acceptors (Lipinski definition) is 6. The van der Waals surface area contributed by atoms with Crippen molar-refractivity contribution >= 4 is 15.7 Å². The number of nitriles is 1. The number of nitrogens with zero attached hydrogens (tertiary/aromatic N) is 3. The first-order valence-electron chi connectivity index (χ1n) is 6.62. The maximum Gasteiger partial charge on any atom is 0.152 e. The van der Waals surface area contributed by atoms with Crippen LogP contribution in [0.25, 0.3) is 0 Å². The van der Waals surface area contributed by atoms with Gasteiger partial charge in [0.1, 0.15) is 11.9 Å². The van der Waals surface area contributed by atoms with E-state index in [1.165, 1.54) is 6.20 Å². The van der Waals surface area contributed by atoms with Gasteiger partial charge in [0, 0.05) is 25.8 Å². The van der Waals surface area contributed by atoms with Gasteiger partial charge in [0.2, 0.25) is 0 Å². The second-order valence-corrected chi connectivity index (χ2v) is 7.12. The van der Waals surface area contributed by atoms with Gasteiger partial charge in [0.15, 0.2) is 9.84 Å². The second kappa shape index (κ2) is 6.68. The predicted octanol–water partition coefficient (Wildman–Crippen LogP) is 0.486. The molecule has 0 aliphatic carbocycles. The molecule has 1 aromatic rings. The van der Waals surface area contributed by atoms with Crippen LogP contribution in [-0.2, 0) is 9.84 Å². The molecule has 0 unspecified atom stereocenters. The van der Waals surface area contributed by atoms with Crippen LogP contribution < -0.4 is 5.32 Å². The molecule has 2 heterocycles. The van der Waals surface area contributed by atoms with Gasteiger partial charge in [0.05, 0.1) is 17.1 Å². The van der Waals surface area contributed by atoms with Crippen molar-refractivity contribution in [3.63, 3.8) is 0 Å². The number of pyridine rings is 1. The van der Waals surface area contributed by atoms with Crippen LogP contribution in [-0.4, -0.2) is 56.0 Å². The Labute approximate surface area is 119 Å². The third-order valence-electron chi connectivity index (χ3n) is 3.29. The first kappa shape index (κ1) is 14.8. The molecule has 0 spiro atoms. The largest absolute Gasteiger partial charge is 0.370 e. The lowest BCUT2D eigenvalue weighted by Gasteiger charge is -2.26. The highest BCUT2D eigenvalue weighted by Gasteiger charge is 2.20. The lowest BCUT2D eigenvalue weighted by Crippen LogP contribution is -2.41. The van der Waals surface area contributed by atoms with Crippen molar-refractivity contribution in [1.82, 2.24) is 9.88 Å². The molecule has 1 saturated heterocycles. The van der Waals surface area contributed by atoms with Crippen LogP contribution in [0.5, 0.6) is 0 Å². The van der Waals surface area contributed by atoms with Crippen LogP contribution in [0.1, 0.15) is 12.0 Å². The van der Waals surface area contributed by atoms with Crippen molar-refractivity contribution in [3.8, 4) is 6.07 Å². The highest BCUT2D eigenvalue weighted by Crippen LogP contribution is 2.06. The maximum absolute atomic E-state index is 11.3. The van der Waals surface area contributed by atoms with Gasteiger partial charge < -0.3 is 10.2 Å². The maximum atomic E-state index is 11.3. The average Bonchev–Trinajstić information content (AvgIpc) is 2.46. The van der Waals surface area contributed by atoms with Crippen molar-refractivity contribution in [3.05, 3.63) is 23.9 Å². The van der Waals surface area contributed by atoms with Gasteiger partial charge in [-0.2, -0.15) is 5.26 Å². The van der Waals surface area contributed by atoms with Gasteiger partial charge >= 0.3 is 0 Å². The summed E-state index contributed by atoms with van der Waals surface area (Å²) in [6, 6.07) is 5.54. The number of sulfone groups is 1. The lowest BCUT2D eigenvalue weighted by molar-refractivity contribution is 0.294. The van der Waals surface area contributed by atoms with Gasteiger partial charge in [-0.15, -0.1) is 0 Å². The van der Waals surface area contributed by atoms with Gasteiger partial charge in [-0.1, -0.05) is 0 Å². The van der Waals surface area contributed by atoms with E-state index >= 15 is 0 Å². The summed E-state index contributed by atoms with van der Waals surface area (Å²) in [4.78, 5) is 6.30. The van der Waals surface area contributed by atoms with E-state index in [1.54, 1.807) is 12.1 Å². The Morgan fingerprint density at radius 1 is 1.35 bits per heavy atom. The number of anilines is 1. The van der Waals surface area contributed by atoms with E-state index in [9.17, 15) is 8.42 Å².